The van der Waals surface area contributed by atoms with Crippen LogP contribution < -0.4 is 9.80 Å². The summed E-state index contributed by atoms with van der Waals surface area (Å²) in [6.45, 7) is 5.06. The van der Waals surface area contributed by atoms with E-state index in [1.54, 1.807) is 6.08 Å². The standard InChI is InChI=1S/C20H18N6O4/c1-3-23-18(11-13-9-10-14(25(27)28)12-17(13)26(29)30)24(4-2)20-19(23)21-15-7-5-6-8-16(15)22-20/h5-12H,3-4H2,1-2H3. The molecule has 0 atom stereocenters. The molecule has 152 valence electrons. The largest absolute Gasteiger partial charge is 0.310 e. The van der Waals surface area contributed by atoms with Crippen molar-refractivity contribution in [3.63, 3.8) is 0 Å². The van der Waals surface area contributed by atoms with Gasteiger partial charge in [-0.3, -0.25) is 20.2 Å². The Morgan fingerprint density at radius 1 is 0.900 bits per heavy atom. The molecule has 0 unspecified atom stereocenters. The number of nitro groups is 2. The van der Waals surface area contributed by atoms with Gasteiger partial charge in [0.05, 0.1) is 32.5 Å². The molecule has 0 N–H and O–H groups in total. The van der Waals surface area contributed by atoms with Crippen molar-refractivity contribution in [2.45, 2.75) is 13.8 Å². The molecule has 30 heavy (non-hydrogen) atoms. The van der Waals surface area contributed by atoms with Gasteiger partial charge in [-0.25, -0.2) is 9.97 Å². The van der Waals surface area contributed by atoms with Gasteiger partial charge in [-0.15, -0.1) is 0 Å². The first kappa shape index (κ1) is 19.2. The quantitative estimate of drug-likeness (QED) is 0.459. The summed E-state index contributed by atoms with van der Waals surface area (Å²) in [5.41, 5.74) is 1.13. The van der Waals surface area contributed by atoms with E-state index >= 15 is 0 Å². The summed E-state index contributed by atoms with van der Waals surface area (Å²) < 4.78 is 0. The van der Waals surface area contributed by atoms with Gasteiger partial charge < -0.3 is 9.80 Å². The fourth-order valence-corrected chi connectivity index (χ4v) is 3.55. The number of hydrogen-bond acceptors (Lipinski definition) is 8. The predicted molar refractivity (Wildman–Crippen MR) is 113 cm³/mol. The Morgan fingerprint density at radius 3 is 1.93 bits per heavy atom. The van der Waals surface area contributed by atoms with Gasteiger partial charge >= 0.3 is 0 Å². The van der Waals surface area contributed by atoms with Gasteiger partial charge in [-0.1, -0.05) is 12.1 Å². The summed E-state index contributed by atoms with van der Waals surface area (Å²) >= 11 is 0. The van der Waals surface area contributed by atoms with Gasteiger partial charge in [0.2, 0.25) is 0 Å². The van der Waals surface area contributed by atoms with Crippen molar-refractivity contribution in [3.8, 4) is 0 Å². The Kier molecular flexibility index (Phi) is 4.74. The van der Waals surface area contributed by atoms with Gasteiger partial charge in [0.1, 0.15) is 5.82 Å². The highest BCUT2D eigenvalue weighted by atomic mass is 16.6. The molecule has 1 aliphatic heterocycles. The van der Waals surface area contributed by atoms with Crippen LogP contribution in [0.1, 0.15) is 19.4 Å². The Bertz CT molecular complexity index is 1160. The average Bonchev–Trinajstić information content (AvgIpc) is 3.03. The number of nitro benzene ring substituents is 2. The number of rotatable bonds is 5. The molecule has 0 aliphatic carbocycles. The molecule has 1 aromatic heterocycles. The fourth-order valence-electron chi connectivity index (χ4n) is 3.55. The van der Waals surface area contributed by atoms with Crippen LogP contribution in [0.4, 0.5) is 23.0 Å². The van der Waals surface area contributed by atoms with Crippen molar-refractivity contribution in [1.82, 2.24) is 9.97 Å². The van der Waals surface area contributed by atoms with Crippen molar-refractivity contribution in [2.75, 3.05) is 22.9 Å². The summed E-state index contributed by atoms with van der Waals surface area (Å²) in [6.07, 6.45) is 1.66. The minimum atomic E-state index is -0.647. The van der Waals surface area contributed by atoms with Crippen LogP contribution in [-0.4, -0.2) is 32.9 Å². The number of non-ortho nitro benzene ring substituents is 1. The van der Waals surface area contributed by atoms with E-state index in [0.29, 0.717) is 30.5 Å². The highest BCUT2D eigenvalue weighted by Gasteiger charge is 2.33. The molecule has 0 bridgehead atoms. The molecule has 2 heterocycles. The summed E-state index contributed by atoms with van der Waals surface area (Å²) in [4.78, 5) is 34.7. The molecule has 3 aromatic rings. The first-order valence-electron chi connectivity index (χ1n) is 9.41. The fraction of sp³-hybridized carbons (Fsp3) is 0.200. The Hall–Kier alpha value is -4.08. The zero-order chi connectivity index (χ0) is 21.4. The van der Waals surface area contributed by atoms with E-state index < -0.39 is 9.85 Å². The van der Waals surface area contributed by atoms with E-state index in [4.69, 9.17) is 9.97 Å². The maximum absolute atomic E-state index is 11.6. The minimum Gasteiger partial charge on any atom is -0.310 e. The highest BCUT2D eigenvalue weighted by molar-refractivity contribution is 5.88. The van der Waals surface area contributed by atoms with E-state index in [1.807, 2.05) is 47.9 Å². The van der Waals surface area contributed by atoms with Gasteiger partial charge in [-0.2, -0.15) is 0 Å². The summed E-state index contributed by atoms with van der Waals surface area (Å²) in [6, 6.07) is 11.2. The lowest BCUT2D eigenvalue weighted by molar-refractivity contribution is -0.394. The van der Waals surface area contributed by atoms with Gasteiger partial charge in [0, 0.05) is 19.2 Å². The summed E-state index contributed by atoms with van der Waals surface area (Å²) in [7, 11) is 0. The van der Waals surface area contributed by atoms with Crippen molar-refractivity contribution in [2.24, 2.45) is 0 Å². The smallest absolute Gasteiger partial charge is 0.283 e. The highest BCUT2D eigenvalue weighted by Crippen LogP contribution is 2.41. The number of benzene rings is 2. The number of para-hydroxylation sites is 2. The number of nitrogens with zero attached hydrogens (tertiary/aromatic N) is 6. The normalized spacial score (nSPS) is 12.9. The predicted octanol–water partition coefficient (Wildman–Crippen LogP) is 4.11. The minimum absolute atomic E-state index is 0.273. The molecule has 1 aliphatic rings. The molecule has 2 aromatic carbocycles. The number of anilines is 2. The lowest BCUT2D eigenvalue weighted by Gasteiger charge is -2.22. The molecule has 0 saturated heterocycles. The second kappa shape index (κ2) is 7.39. The molecular formula is C20H18N6O4. The van der Waals surface area contributed by atoms with Crippen LogP contribution in [0.15, 0.2) is 48.3 Å². The van der Waals surface area contributed by atoms with Crippen molar-refractivity contribution in [1.29, 1.82) is 0 Å². The zero-order valence-corrected chi connectivity index (χ0v) is 16.3. The number of aromatic nitrogens is 2. The summed E-state index contributed by atoms with van der Waals surface area (Å²) in [5.74, 6) is 2.03. The lowest BCUT2D eigenvalue weighted by atomic mass is 10.1. The second-order valence-corrected chi connectivity index (χ2v) is 6.61. The Balaban J connectivity index is 1.89. The molecule has 10 nitrogen and oxygen atoms in total. The van der Waals surface area contributed by atoms with Gasteiger partial charge in [-0.05, 0) is 38.1 Å². The first-order chi connectivity index (χ1) is 14.4. The molecule has 0 fully saturated rings. The monoisotopic (exact) mass is 406 g/mol. The third-order valence-electron chi connectivity index (χ3n) is 4.94. The van der Waals surface area contributed by atoms with Crippen LogP contribution >= 0.6 is 0 Å². The Morgan fingerprint density at radius 2 is 1.47 bits per heavy atom. The van der Waals surface area contributed by atoms with E-state index in [2.05, 4.69) is 0 Å². The molecule has 0 radical (unpaired) electrons. The van der Waals surface area contributed by atoms with Gasteiger partial charge in [0.25, 0.3) is 11.4 Å². The first-order valence-corrected chi connectivity index (χ1v) is 9.41. The van der Waals surface area contributed by atoms with Crippen molar-refractivity contribution < 1.29 is 9.85 Å². The van der Waals surface area contributed by atoms with Crippen LogP contribution in [0.25, 0.3) is 17.1 Å². The molecular weight excluding hydrogens is 388 g/mol. The number of hydrogen-bond donors (Lipinski definition) is 0. The Labute approximate surface area is 171 Å². The molecule has 0 spiro atoms. The molecule has 10 heteroatoms. The molecule has 4 rings (SSSR count). The lowest BCUT2D eigenvalue weighted by Crippen LogP contribution is -2.28. The maximum Gasteiger partial charge on any atom is 0.283 e. The number of fused-ring (bicyclic) bond motifs is 2. The molecule has 0 amide bonds. The summed E-state index contributed by atoms with van der Waals surface area (Å²) in [5, 5.41) is 22.6. The van der Waals surface area contributed by atoms with E-state index in [1.165, 1.54) is 12.1 Å². The van der Waals surface area contributed by atoms with Crippen molar-refractivity contribution >= 4 is 40.1 Å². The van der Waals surface area contributed by atoms with Crippen LogP contribution in [0, 0.1) is 20.2 Å². The topological polar surface area (TPSA) is 119 Å². The van der Waals surface area contributed by atoms with Crippen LogP contribution in [0.3, 0.4) is 0 Å². The van der Waals surface area contributed by atoms with Gasteiger partial charge in [0.15, 0.2) is 11.6 Å². The van der Waals surface area contributed by atoms with Crippen LogP contribution in [0.2, 0.25) is 0 Å². The third-order valence-corrected chi connectivity index (χ3v) is 4.94. The zero-order valence-electron chi connectivity index (χ0n) is 16.3. The molecule has 0 saturated carbocycles. The average molecular weight is 406 g/mol. The third kappa shape index (κ3) is 3.08. The van der Waals surface area contributed by atoms with E-state index in [-0.39, 0.29) is 16.9 Å². The van der Waals surface area contributed by atoms with Crippen LogP contribution in [-0.2, 0) is 0 Å². The van der Waals surface area contributed by atoms with E-state index in [9.17, 15) is 20.2 Å². The van der Waals surface area contributed by atoms with E-state index in [0.717, 1.165) is 17.1 Å². The maximum atomic E-state index is 11.6. The SMILES string of the molecule is CCN1C(=Cc2ccc([N+](=O)[O-])cc2[N+](=O)[O-])N(CC)c2nc3ccccc3nc21. The van der Waals surface area contributed by atoms with Crippen LogP contribution in [0.5, 0.6) is 0 Å². The van der Waals surface area contributed by atoms with Crippen molar-refractivity contribution in [3.05, 3.63) is 74.1 Å². The second-order valence-electron chi connectivity index (χ2n) is 6.61.